The van der Waals surface area contributed by atoms with Crippen LogP contribution in [0.3, 0.4) is 0 Å². The lowest BCUT2D eigenvalue weighted by Gasteiger charge is -2.18. The minimum absolute atomic E-state index is 0.0512. The highest BCUT2D eigenvalue weighted by Crippen LogP contribution is 2.39. The fourth-order valence-corrected chi connectivity index (χ4v) is 4.62. The Morgan fingerprint density at radius 1 is 0.939 bits per heavy atom. The lowest BCUT2D eigenvalue weighted by molar-refractivity contribution is -0.119. The number of nitrogens with one attached hydrogen (secondary N) is 1. The first-order valence-electron chi connectivity index (χ1n) is 10.1. The molecular formula is C22H28N2O8S. The van der Waals surface area contributed by atoms with Crippen molar-refractivity contribution >= 4 is 27.6 Å². The van der Waals surface area contributed by atoms with Crippen molar-refractivity contribution in [2.75, 3.05) is 46.3 Å². The van der Waals surface area contributed by atoms with E-state index >= 15 is 0 Å². The molecule has 33 heavy (non-hydrogen) atoms. The third-order valence-corrected chi connectivity index (χ3v) is 6.77. The number of rotatable bonds is 11. The van der Waals surface area contributed by atoms with Gasteiger partial charge in [0.2, 0.25) is 15.8 Å². The molecule has 0 spiro atoms. The summed E-state index contributed by atoms with van der Waals surface area (Å²) in [7, 11) is 0.527. The summed E-state index contributed by atoms with van der Waals surface area (Å²) in [6, 6.07) is 8.81. The largest absolute Gasteiger partial charge is 0.493 e. The van der Waals surface area contributed by atoms with Gasteiger partial charge < -0.3 is 24.3 Å². The van der Waals surface area contributed by atoms with Crippen LogP contribution in [0.1, 0.15) is 24.2 Å². The highest BCUT2D eigenvalue weighted by atomic mass is 32.2. The van der Waals surface area contributed by atoms with Crippen LogP contribution in [0.4, 0.5) is 5.69 Å². The van der Waals surface area contributed by atoms with E-state index in [1.165, 1.54) is 56.0 Å². The average Bonchev–Trinajstić information content (AvgIpc) is 2.82. The molecule has 2 rings (SSSR count). The molecule has 11 heteroatoms. The highest BCUT2D eigenvalue weighted by molar-refractivity contribution is 7.89. The second kappa shape index (κ2) is 11.5. The molecule has 0 heterocycles. The fraction of sp³-hybridized carbons (Fsp3) is 0.364. The molecule has 0 fully saturated rings. The molecule has 2 aromatic carbocycles. The summed E-state index contributed by atoms with van der Waals surface area (Å²) in [6.07, 6.45) is 0. The predicted octanol–water partition coefficient (Wildman–Crippen LogP) is 2.54. The van der Waals surface area contributed by atoms with Crippen molar-refractivity contribution in [3.05, 3.63) is 42.0 Å². The summed E-state index contributed by atoms with van der Waals surface area (Å²) in [6.45, 7) is 3.54. The van der Waals surface area contributed by atoms with Gasteiger partial charge in [-0.15, -0.1) is 0 Å². The number of sulfonamides is 1. The van der Waals surface area contributed by atoms with Gasteiger partial charge in [-0.2, -0.15) is 4.31 Å². The molecule has 0 aliphatic carbocycles. The molecule has 1 amide bonds. The number of esters is 1. The molecule has 2 aromatic rings. The number of benzene rings is 2. The molecule has 0 unspecified atom stereocenters. The topological polar surface area (TPSA) is 120 Å². The van der Waals surface area contributed by atoms with Crippen molar-refractivity contribution in [1.29, 1.82) is 0 Å². The average molecular weight is 481 g/mol. The van der Waals surface area contributed by atoms with Crippen LogP contribution >= 0.6 is 0 Å². The Bertz CT molecular complexity index is 1100. The number of amides is 1. The first kappa shape index (κ1) is 25.9. The molecule has 0 bridgehead atoms. The van der Waals surface area contributed by atoms with Gasteiger partial charge in [-0.3, -0.25) is 4.79 Å². The van der Waals surface area contributed by atoms with Crippen molar-refractivity contribution < 1.29 is 37.0 Å². The molecular weight excluding hydrogens is 452 g/mol. The minimum Gasteiger partial charge on any atom is -0.493 e. The predicted molar refractivity (Wildman–Crippen MR) is 122 cm³/mol. The normalized spacial score (nSPS) is 11.1. The van der Waals surface area contributed by atoms with Crippen molar-refractivity contribution in [3.63, 3.8) is 0 Å². The zero-order valence-corrected chi connectivity index (χ0v) is 20.0. The van der Waals surface area contributed by atoms with Gasteiger partial charge in [0.1, 0.15) is 5.56 Å². The van der Waals surface area contributed by atoms with Crippen molar-refractivity contribution in [2.24, 2.45) is 0 Å². The summed E-state index contributed by atoms with van der Waals surface area (Å²) < 4.78 is 47.4. The third-order valence-electron chi connectivity index (χ3n) is 4.72. The summed E-state index contributed by atoms with van der Waals surface area (Å²) in [5, 5.41) is 2.53. The van der Waals surface area contributed by atoms with Gasteiger partial charge in [-0.05, 0) is 30.3 Å². The van der Waals surface area contributed by atoms with E-state index in [0.29, 0.717) is 18.8 Å². The first-order valence-corrected chi connectivity index (χ1v) is 11.5. The first-order chi connectivity index (χ1) is 15.7. The maximum Gasteiger partial charge on any atom is 0.342 e. The number of hydrogen-bond donors (Lipinski definition) is 1. The van der Waals surface area contributed by atoms with Crippen LogP contribution in [0.15, 0.2) is 41.3 Å². The number of carbonyl (C=O) groups excluding carboxylic acids is 2. The maximum atomic E-state index is 12.7. The van der Waals surface area contributed by atoms with E-state index in [1.54, 1.807) is 19.9 Å². The van der Waals surface area contributed by atoms with Gasteiger partial charge in [-0.25, -0.2) is 13.2 Å². The van der Waals surface area contributed by atoms with Crippen LogP contribution in [0.2, 0.25) is 0 Å². The molecule has 180 valence electrons. The fourth-order valence-electron chi connectivity index (χ4n) is 3.11. The Kier molecular flexibility index (Phi) is 9.06. The van der Waals surface area contributed by atoms with Crippen molar-refractivity contribution in [1.82, 2.24) is 4.31 Å². The lowest BCUT2D eigenvalue weighted by Crippen LogP contribution is -2.30. The monoisotopic (exact) mass is 480 g/mol. The number of hydrogen-bond acceptors (Lipinski definition) is 8. The Balaban J connectivity index is 2.11. The van der Waals surface area contributed by atoms with E-state index in [4.69, 9.17) is 18.9 Å². The van der Waals surface area contributed by atoms with Crippen molar-refractivity contribution in [2.45, 2.75) is 18.7 Å². The second-order valence-electron chi connectivity index (χ2n) is 6.62. The van der Waals surface area contributed by atoms with E-state index in [9.17, 15) is 18.0 Å². The smallest absolute Gasteiger partial charge is 0.342 e. The van der Waals surface area contributed by atoms with E-state index in [0.717, 1.165) is 0 Å². The van der Waals surface area contributed by atoms with Crippen LogP contribution in [0.25, 0.3) is 0 Å². The van der Waals surface area contributed by atoms with Crippen molar-refractivity contribution in [3.8, 4) is 17.2 Å². The summed E-state index contributed by atoms with van der Waals surface area (Å²) >= 11 is 0. The molecule has 0 aromatic heterocycles. The van der Waals surface area contributed by atoms with E-state index in [2.05, 4.69) is 5.32 Å². The molecule has 0 aliphatic rings. The zero-order valence-electron chi connectivity index (χ0n) is 19.2. The van der Waals surface area contributed by atoms with Crippen LogP contribution in [-0.4, -0.2) is 65.6 Å². The number of anilines is 1. The second-order valence-corrected chi connectivity index (χ2v) is 8.56. The van der Waals surface area contributed by atoms with Gasteiger partial charge in [0.05, 0.1) is 26.2 Å². The number of carbonyl (C=O) groups is 2. The SMILES string of the molecule is CCN(CC)S(=O)(=O)c1cccc(NC(=O)COC(=O)c2ccc(OC)c(OC)c2OC)c1. The molecule has 0 radical (unpaired) electrons. The summed E-state index contributed by atoms with van der Waals surface area (Å²) in [4.78, 5) is 24.9. The van der Waals surface area contributed by atoms with E-state index in [-0.39, 0.29) is 27.6 Å². The van der Waals surface area contributed by atoms with Gasteiger partial charge in [0.15, 0.2) is 18.1 Å². The Labute approximate surface area is 193 Å². The molecule has 0 saturated heterocycles. The lowest BCUT2D eigenvalue weighted by atomic mass is 10.1. The van der Waals surface area contributed by atoms with Gasteiger partial charge in [0, 0.05) is 18.8 Å². The number of methoxy groups -OCH3 is 3. The quantitative estimate of drug-likeness (QED) is 0.487. The maximum absolute atomic E-state index is 12.7. The standard InChI is InChI=1S/C22H28N2O8S/c1-6-24(7-2)33(27,28)16-10-8-9-15(13-16)23-19(25)14-32-22(26)17-11-12-18(29-3)21(31-5)20(17)30-4/h8-13H,6-7,14H2,1-5H3,(H,23,25). The van der Waals surface area contributed by atoms with Crippen LogP contribution < -0.4 is 19.5 Å². The Morgan fingerprint density at radius 3 is 2.18 bits per heavy atom. The van der Waals surface area contributed by atoms with Crippen LogP contribution in [-0.2, 0) is 19.6 Å². The molecule has 0 atom stereocenters. The van der Waals surface area contributed by atoms with Gasteiger partial charge >= 0.3 is 5.97 Å². The number of ether oxygens (including phenoxy) is 4. The zero-order chi connectivity index (χ0) is 24.6. The van der Waals surface area contributed by atoms with Crippen LogP contribution in [0, 0.1) is 0 Å². The molecule has 10 nitrogen and oxygen atoms in total. The summed E-state index contributed by atoms with van der Waals surface area (Å²) in [5.74, 6) is -0.758. The van der Waals surface area contributed by atoms with Crippen LogP contribution in [0.5, 0.6) is 17.2 Å². The van der Waals surface area contributed by atoms with Gasteiger partial charge in [-0.1, -0.05) is 19.9 Å². The molecule has 0 saturated carbocycles. The Hall–Kier alpha value is -3.31. The number of nitrogens with zero attached hydrogens (tertiary/aromatic N) is 1. The Morgan fingerprint density at radius 2 is 1.61 bits per heavy atom. The third kappa shape index (κ3) is 5.93. The molecule has 0 aliphatic heterocycles. The van der Waals surface area contributed by atoms with E-state index < -0.39 is 28.5 Å². The minimum atomic E-state index is -3.68. The van der Waals surface area contributed by atoms with Gasteiger partial charge in [0.25, 0.3) is 5.91 Å². The summed E-state index contributed by atoms with van der Waals surface area (Å²) in [5.41, 5.74) is 0.309. The molecule has 1 N–H and O–H groups in total. The highest BCUT2D eigenvalue weighted by Gasteiger charge is 2.23. The van der Waals surface area contributed by atoms with E-state index in [1.807, 2.05) is 0 Å².